The maximum atomic E-state index is 13.1. The number of carbonyl (C=O) groups excluding carboxylic acids is 1. The number of nitrogens with one attached hydrogen (secondary N) is 1. The number of halogens is 4. The zero-order valence-corrected chi connectivity index (χ0v) is 27.5. The van der Waals surface area contributed by atoms with Crippen molar-refractivity contribution in [2.45, 2.75) is 82.5 Å². The van der Waals surface area contributed by atoms with Gasteiger partial charge in [-0.05, 0) is 77.3 Å². The highest BCUT2D eigenvalue weighted by molar-refractivity contribution is 7.90. The molecule has 13 nitrogen and oxygen atoms in total. The second-order valence-electron chi connectivity index (χ2n) is 12.7. The fourth-order valence-corrected chi connectivity index (χ4v) is 7.37. The summed E-state index contributed by atoms with van der Waals surface area (Å²) in [6.07, 6.45) is -0.321. The lowest BCUT2D eigenvalue weighted by Gasteiger charge is -2.28. The first kappa shape index (κ1) is 34.5. The average Bonchev–Trinajstić information content (AvgIpc) is 3.28. The number of pyridine rings is 1. The molecule has 2 fully saturated rings. The number of aromatic nitrogens is 5. The predicted octanol–water partition coefficient (Wildman–Crippen LogP) is 5.21. The quantitative estimate of drug-likeness (QED) is 0.241. The highest BCUT2D eigenvalue weighted by atomic mass is 35.5. The van der Waals surface area contributed by atoms with Gasteiger partial charge in [0.2, 0.25) is 5.88 Å². The molecule has 2 amide bonds. The smallest absolute Gasteiger partial charge is 0.407 e. The van der Waals surface area contributed by atoms with Gasteiger partial charge in [-0.2, -0.15) is 18.3 Å². The Balaban J connectivity index is 1.16. The number of alkyl halides is 3. The van der Waals surface area contributed by atoms with Crippen LogP contribution in [0.2, 0.25) is 5.15 Å². The van der Waals surface area contributed by atoms with Gasteiger partial charge in [0.15, 0.2) is 5.82 Å². The third kappa shape index (κ3) is 7.50. The van der Waals surface area contributed by atoms with Crippen LogP contribution < -0.4 is 9.46 Å². The SMILES string of the molecule is Cc1nn(CCC[C@@H]2CN(C(=O)O)C(C)(C)C2)cc1S(=O)(=O)NC(=O)c1ccc(-n2ccc(OCCC3(C(F)(F)F)CC3)n2)nc1Cl. The highest BCUT2D eigenvalue weighted by Crippen LogP contribution is 2.59. The summed E-state index contributed by atoms with van der Waals surface area (Å²) < 4.78 is 75.7. The second-order valence-corrected chi connectivity index (χ2v) is 14.7. The van der Waals surface area contributed by atoms with Crippen LogP contribution in [0, 0.1) is 18.3 Å². The zero-order chi connectivity index (χ0) is 34.4. The predicted molar refractivity (Wildman–Crippen MR) is 162 cm³/mol. The zero-order valence-electron chi connectivity index (χ0n) is 25.9. The molecule has 5 rings (SSSR count). The van der Waals surface area contributed by atoms with E-state index in [4.69, 9.17) is 16.3 Å². The molecule has 1 atom stereocenters. The summed E-state index contributed by atoms with van der Waals surface area (Å²) in [7, 11) is -4.34. The Hall–Kier alpha value is -3.86. The molecule has 256 valence electrons. The largest absolute Gasteiger partial charge is 0.477 e. The number of carboxylic acid groups (broad SMARTS) is 1. The third-order valence-corrected chi connectivity index (χ3v) is 10.5. The lowest BCUT2D eigenvalue weighted by atomic mass is 9.93. The topological polar surface area (TPSA) is 162 Å². The molecule has 4 heterocycles. The van der Waals surface area contributed by atoms with E-state index in [9.17, 15) is 36.3 Å². The summed E-state index contributed by atoms with van der Waals surface area (Å²) in [4.78, 5) is 29.8. The average molecular weight is 702 g/mol. The Kier molecular flexibility index (Phi) is 9.27. The van der Waals surface area contributed by atoms with E-state index < -0.39 is 39.2 Å². The molecule has 1 aliphatic heterocycles. The van der Waals surface area contributed by atoms with Crippen LogP contribution in [0.15, 0.2) is 35.5 Å². The van der Waals surface area contributed by atoms with Gasteiger partial charge in [-0.15, -0.1) is 5.10 Å². The summed E-state index contributed by atoms with van der Waals surface area (Å²) in [6, 6.07) is 4.09. The number of ether oxygens (including phenoxy) is 1. The molecule has 3 aromatic heterocycles. The number of likely N-dealkylation sites (tertiary alicyclic amines) is 1. The van der Waals surface area contributed by atoms with E-state index in [2.05, 4.69) is 15.2 Å². The van der Waals surface area contributed by atoms with Gasteiger partial charge in [-0.25, -0.2) is 27.6 Å². The molecular formula is C29H35ClF3N7O6S. The maximum absolute atomic E-state index is 13.1. The van der Waals surface area contributed by atoms with E-state index in [0.29, 0.717) is 19.5 Å². The van der Waals surface area contributed by atoms with Crippen LogP contribution in [0.25, 0.3) is 5.82 Å². The van der Waals surface area contributed by atoms with Crippen LogP contribution in [0.3, 0.4) is 0 Å². The Morgan fingerprint density at radius 1 is 1.19 bits per heavy atom. The maximum Gasteiger partial charge on any atom is 0.407 e. The van der Waals surface area contributed by atoms with Crippen molar-refractivity contribution in [3.8, 4) is 11.7 Å². The van der Waals surface area contributed by atoms with Crippen molar-refractivity contribution in [3.05, 3.63) is 47.0 Å². The minimum absolute atomic E-state index is 0.0806. The van der Waals surface area contributed by atoms with Gasteiger partial charge in [0.1, 0.15) is 10.0 Å². The van der Waals surface area contributed by atoms with Gasteiger partial charge >= 0.3 is 12.3 Å². The molecule has 1 saturated heterocycles. The number of sulfonamides is 1. The number of rotatable bonds is 12. The summed E-state index contributed by atoms with van der Waals surface area (Å²) >= 11 is 6.23. The minimum atomic E-state index is -4.34. The van der Waals surface area contributed by atoms with E-state index in [1.165, 1.54) is 51.8 Å². The molecule has 3 aromatic rings. The monoisotopic (exact) mass is 701 g/mol. The van der Waals surface area contributed by atoms with Gasteiger partial charge in [-0.3, -0.25) is 9.48 Å². The summed E-state index contributed by atoms with van der Waals surface area (Å²) in [5.41, 5.74) is -2.16. The molecule has 0 radical (unpaired) electrons. The van der Waals surface area contributed by atoms with Gasteiger partial charge in [0.25, 0.3) is 15.9 Å². The lowest BCUT2D eigenvalue weighted by molar-refractivity contribution is -0.190. The first-order valence-electron chi connectivity index (χ1n) is 14.9. The Labute approximate surface area is 274 Å². The molecule has 18 heteroatoms. The third-order valence-electron chi connectivity index (χ3n) is 8.77. The minimum Gasteiger partial charge on any atom is -0.477 e. The Bertz CT molecular complexity index is 1770. The highest BCUT2D eigenvalue weighted by Gasteiger charge is 2.62. The molecule has 2 N–H and O–H groups in total. The van der Waals surface area contributed by atoms with E-state index in [0.717, 1.165) is 12.8 Å². The van der Waals surface area contributed by atoms with Crippen molar-refractivity contribution in [1.29, 1.82) is 0 Å². The molecule has 0 bridgehead atoms. The van der Waals surface area contributed by atoms with Gasteiger partial charge in [-0.1, -0.05) is 11.6 Å². The molecule has 1 saturated carbocycles. The lowest BCUT2D eigenvalue weighted by Crippen LogP contribution is -2.41. The van der Waals surface area contributed by atoms with Crippen LogP contribution in [-0.4, -0.2) is 79.8 Å². The van der Waals surface area contributed by atoms with Crippen LogP contribution >= 0.6 is 11.6 Å². The summed E-state index contributed by atoms with van der Waals surface area (Å²) in [5.74, 6) is -0.597. The number of aryl methyl sites for hydroxylation is 2. The summed E-state index contributed by atoms with van der Waals surface area (Å²) in [5, 5.41) is 17.5. The van der Waals surface area contributed by atoms with Crippen molar-refractivity contribution in [2.24, 2.45) is 11.3 Å². The van der Waals surface area contributed by atoms with Crippen LogP contribution in [-0.2, 0) is 16.6 Å². The first-order chi connectivity index (χ1) is 21.9. The number of nitrogens with zero attached hydrogens (tertiary/aromatic N) is 6. The number of amides is 2. The van der Waals surface area contributed by atoms with Crippen molar-refractivity contribution >= 4 is 33.6 Å². The van der Waals surface area contributed by atoms with Crippen LogP contribution in [0.4, 0.5) is 18.0 Å². The van der Waals surface area contributed by atoms with Gasteiger partial charge < -0.3 is 14.7 Å². The molecule has 0 unspecified atom stereocenters. The number of hydrogen-bond acceptors (Lipinski definition) is 8. The van der Waals surface area contributed by atoms with Gasteiger partial charge in [0.05, 0.1) is 23.3 Å². The normalized spacial score (nSPS) is 18.7. The number of carbonyl (C=O) groups is 2. The molecule has 0 spiro atoms. The molecule has 2 aliphatic rings. The summed E-state index contributed by atoms with van der Waals surface area (Å²) in [6.45, 7) is 5.97. The fourth-order valence-electron chi connectivity index (χ4n) is 5.98. The molecule has 0 aromatic carbocycles. The van der Waals surface area contributed by atoms with Crippen molar-refractivity contribution in [2.75, 3.05) is 13.2 Å². The van der Waals surface area contributed by atoms with Crippen molar-refractivity contribution in [1.82, 2.24) is 34.2 Å². The van der Waals surface area contributed by atoms with Crippen molar-refractivity contribution < 1.29 is 41.0 Å². The molecule has 1 aliphatic carbocycles. The van der Waals surface area contributed by atoms with Crippen LogP contribution in [0.5, 0.6) is 5.88 Å². The van der Waals surface area contributed by atoms with Gasteiger partial charge in [0, 0.05) is 37.1 Å². The fraction of sp³-hybridized carbons (Fsp3) is 0.552. The Morgan fingerprint density at radius 3 is 2.53 bits per heavy atom. The second kappa shape index (κ2) is 12.6. The van der Waals surface area contributed by atoms with E-state index in [1.807, 2.05) is 18.6 Å². The molecule has 47 heavy (non-hydrogen) atoms. The van der Waals surface area contributed by atoms with E-state index >= 15 is 0 Å². The van der Waals surface area contributed by atoms with Crippen molar-refractivity contribution in [3.63, 3.8) is 0 Å². The Morgan fingerprint density at radius 2 is 1.91 bits per heavy atom. The van der Waals surface area contributed by atoms with Crippen LogP contribution in [0.1, 0.15) is 68.4 Å². The van der Waals surface area contributed by atoms with E-state index in [1.54, 1.807) is 0 Å². The first-order valence-corrected chi connectivity index (χ1v) is 16.8. The standard InChI is InChI=1S/C29H35ClF3N7O6S/c1-18-21(17-38(35-18)12-4-5-19-15-27(2,3)39(16-19)26(42)43)47(44,45)37-25(41)20-6-7-22(34-24(20)30)40-13-8-23(36-40)46-14-11-28(9-10-28)29(31,32)33/h6-8,13,17,19H,4-5,9-12,14-16H2,1-3H3,(H,37,41)(H,42,43)/t19-/m0/s1. The van der Waals surface area contributed by atoms with E-state index in [-0.39, 0.29) is 64.8 Å². The number of hydrogen-bond donors (Lipinski definition) is 2. The molecular weight excluding hydrogens is 667 g/mol.